The van der Waals surface area contributed by atoms with Gasteiger partial charge in [0.1, 0.15) is 5.82 Å². The molecular weight excluding hydrogens is 243 g/mol. The number of benzene rings is 1. The Kier molecular flexibility index (Phi) is 3.97. The number of nitrogens with zero attached hydrogens (tertiary/aromatic N) is 1. The van der Waals surface area contributed by atoms with Crippen LogP contribution in [0.5, 0.6) is 0 Å². The third-order valence-electron chi connectivity index (χ3n) is 2.77. The molecule has 1 aliphatic heterocycles. The molecule has 0 aliphatic carbocycles. The van der Waals surface area contributed by atoms with Crippen molar-refractivity contribution < 1.29 is 9.18 Å². The number of carbonyl (C=O) groups excluding carboxylic acids is 1. The standard InChI is InChI=1S/C12H14ClFN2O/c13-10-3-2-9(6-11(10)14)8-16-5-1-4-15-7-12(16)17/h2-3,6,15H,1,4-5,7-8H2. The van der Waals surface area contributed by atoms with Gasteiger partial charge in [0, 0.05) is 13.1 Å². The van der Waals surface area contributed by atoms with Gasteiger partial charge in [-0.05, 0) is 30.7 Å². The van der Waals surface area contributed by atoms with Crippen LogP contribution in [0.25, 0.3) is 0 Å². The molecule has 1 N–H and O–H groups in total. The second-order valence-electron chi connectivity index (χ2n) is 4.09. The molecule has 1 aromatic carbocycles. The molecule has 1 saturated heterocycles. The van der Waals surface area contributed by atoms with Crippen LogP contribution in [0.4, 0.5) is 4.39 Å². The number of amides is 1. The van der Waals surface area contributed by atoms with Crippen LogP contribution in [-0.2, 0) is 11.3 Å². The van der Waals surface area contributed by atoms with Gasteiger partial charge in [0.05, 0.1) is 11.6 Å². The number of hydrogen-bond donors (Lipinski definition) is 1. The Hall–Kier alpha value is -1.13. The summed E-state index contributed by atoms with van der Waals surface area (Å²) in [6.07, 6.45) is 0.918. The summed E-state index contributed by atoms with van der Waals surface area (Å²) in [5.74, 6) is -0.387. The molecule has 17 heavy (non-hydrogen) atoms. The predicted octanol–water partition coefficient (Wildman–Crippen LogP) is 1.80. The molecule has 1 fully saturated rings. The molecule has 0 aromatic heterocycles. The van der Waals surface area contributed by atoms with Gasteiger partial charge in [-0.25, -0.2) is 4.39 Å². The molecule has 2 rings (SSSR count). The first-order chi connectivity index (χ1) is 8.16. The highest BCUT2D eigenvalue weighted by atomic mass is 35.5. The van der Waals surface area contributed by atoms with Crippen molar-refractivity contribution in [3.63, 3.8) is 0 Å². The van der Waals surface area contributed by atoms with Gasteiger partial charge in [-0.1, -0.05) is 17.7 Å². The molecule has 0 unspecified atom stereocenters. The monoisotopic (exact) mass is 256 g/mol. The fourth-order valence-electron chi connectivity index (χ4n) is 1.85. The van der Waals surface area contributed by atoms with Crippen molar-refractivity contribution in [1.82, 2.24) is 10.2 Å². The predicted molar refractivity (Wildman–Crippen MR) is 64.3 cm³/mol. The van der Waals surface area contributed by atoms with E-state index in [1.54, 1.807) is 11.0 Å². The van der Waals surface area contributed by atoms with E-state index in [0.29, 0.717) is 19.6 Å². The van der Waals surface area contributed by atoms with Gasteiger partial charge < -0.3 is 10.2 Å². The van der Waals surface area contributed by atoms with Crippen molar-refractivity contribution in [3.05, 3.63) is 34.6 Å². The smallest absolute Gasteiger partial charge is 0.236 e. The van der Waals surface area contributed by atoms with Crippen LogP contribution < -0.4 is 5.32 Å². The lowest BCUT2D eigenvalue weighted by Crippen LogP contribution is -2.34. The van der Waals surface area contributed by atoms with E-state index in [1.165, 1.54) is 12.1 Å². The van der Waals surface area contributed by atoms with Gasteiger partial charge in [-0.2, -0.15) is 0 Å². The minimum atomic E-state index is -0.440. The number of nitrogens with one attached hydrogen (secondary N) is 1. The molecular formula is C12H14ClFN2O. The lowest BCUT2D eigenvalue weighted by Gasteiger charge is -2.20. The summed E-state index contributed by atoms with van der Waals surface area (Å²) in [4.78, 5) is 13.5. The minimum Gasteiger partial charge on any atom is -0.337 e. The number of rotatable bonds is 2. The molecule has 1 aliphatic rings. The molecule has 5 heteroatoms. The third kappa shape index (κ3) is 3.17. The molecule has 0 bridgehead atoms. The maximum atomic E-state index is 13.3. The summed E-state index contributed by atoms with van der Waals surface area (Å²) in [5, 5.41) is 3.16. The van der Waals surface area contributed by atoms with Gasteiger partial charge in [-0.3, -0.25) is 4.79 Å². The quantitative estimate of drug-likeness (QED) is 0.875. The van der Waals surface area contributed by atoms with E-state index in [4.69, 9.17) is 11.6 Å². The van der Waals surface area contributed by atoms with Gasteiger partial charge in [0.25, 0.3) is 0 Å². The fraction of sp³-hybridized carbons (Fsp3) is 0.417. The largest absolute Gasteiger partial charge is 0.337 e. The van der Waals surface area contributed by atoms with Gasteiger partial charge in [-0.15, -0.1) is 0 Å². The summed E-state index contributed by atoms with van der Waals surface area (Å²) in [6.45, 7) is 2.35. The molecule has 1 aromatic rings. The van der Waals surface area contributed by atoms with Crippen LogP contribution in [0, 0.1) is 5.82 Å². The van der Waals surface area contributed by atoms with Crippen molar-refractivity contribution in [2.24, 2.45) is 0 Å². The first kappa shape index (κ1) is 12.3. The Balaban J connectivity index is 2.08. The fourth-order valence-corrected chi connectivity index (χ4v) is 1.97. The minimum absolute atomic E-state index is 0.0536. The van der Waals surface area contributed by atoms with Crippen LogP contribution in [-0.4, -0.2) is 30.4 Å². The maximum absolute atomic E-state index is 13.3. The normalized spacial score (nSPS) is 17.1. The van der Waals surface area contributed by atoms with Crippen LogP contribution in [0.15, 0.2) is 18.2 Å². The molecule has 3 nitrogen and oxygen atoms in total. The van der Waals surface area contributed by atoms with Crippen molar-refractivity contribution in [1.29, 1.82) is 0 Å². The van der Waals surface area contributed by atoms with E-state index in [2.05, 4.69) is 5.32 Å². The highest BCUT2D eigenvalue weighted by molar-refractivity contribution is 6.30. The van der Waals surface area contributed by atoms with E-state index in [0.717, 1.165) is 18.5 Å². The van der Waals surface area contributed by atoms with Gasteiger partial charge in [0.15, 0.2) is 0 Å². The molecule has 1 heterocycles. The summed E-state index contributed by atoms with van der Waals surface area (Å²) in [6, 6.07) is 4.65. The Morgan fingerprint density at radius 1 is 1.47 bits per heavy atom. The SMILES string of the molecule is O=C1CNCCCN1Cc1ccc(Cl)c(F)c1. The van der Waals surface area contributed by atoms with Crippen molar-refractivity contribution in [2.45, 2.75) is 13.0 Å². The zero-order valence-corrected chi connectivity index (χ0v) is 10.1. The summed E-state index contributed by atoms with van der Waals surface area (Å²) in [5.41, 5.74) is 0.766. The van der Waals surface area contributed by atoms with Crippen molar-refractivity contribution >= 4 is 17.5 Å². The average molecular weight is 257 g/mol. The van der Waals surface area contributed by atoms with Crippen LogP contribution in [0.3, 0.4) is 0 Å². The summed E-state index contributed by atoms with van der Waals surface area (Å²) >= 11 is 5.61. The lowest BCUT2D eigenvalue weighted by atomic mass is 10.2. The molecule has 92 valence electrons. The second-order valence-corrected chi connectivity index (χ2v) is 4.50. The lowest BCUT2D eigenvalue weighted by molar-refractivity contribution is -0.130. The zero-order valence-electron chi connectivity index (χ0n) is 9.38. The van der Waals surface area contributed by atoms with Gasteiger partial charge >= 0.3 is 0 Å². The summed E-state index contributed by atoms with van der Waals surface area (Å²) < 4.78 is 13.3. The summed E-state index contributed by atoms with van der Waals surface area (Å²) in [7, 11) is 0. The molecule has 0 saturated carbocycles. The Labute approximate surface area is 105 Å². The highest BCUT2D eigenvalue weighted by Crippen LogP contribution is 2.17. The average Bonchev–Trinajstić information content (AvgIpc) is 2.50. The first-order valence-corrected chi connectivity index (χ1v) is 5.97. The van der Waals surface area contributed by atoms with Crippen molar-refractivity contribution in [3.8, 4) is 0 Å². The third-order valence-corrected chi connectivity index (χ3v) is 3.07. The molecule has 0 radical (unpaired) electrons. The number of carbonyl (C=O) groups is 1. The van der Waals surface area contributed by atoms with Crippen molar-refractivity contribution in [2.75, 3.05) is 19.6 Å². The Morgan fingerprint density at radius 2 is 2.29 bits per heavy atom. The maximum Gasteiger partial charge on any atom is 0.236 e. The molecule has 1 amide bonds. The van der Waals surface area contributed by atoms with Crippen LogP contribution in [0.1, 0.15) is 12.0 Å². The van der Waals surface area contributed by atoms with Crippen LogP contribution >= 0.6 is 11.6 Å². The van der Waals surface area contributed by atoms with E-state index >= 15 is 0 Å². The van der Waals surface area contributed by atoms with E-state index in [-0.39, 0.29) is 10.9 Å². The highest BCUT2D eigenvalue weighted by Gasteiger charge is 2.16. The number of halogens is 2. The van der Waals surface area contributed by atoms with Gasteiger partial charge in [0.2, 0.25) is 5.91 Å². The molecule has 0 spiro atoms. The Morgan fingerprint density at radius 3 is 3.06 bits per heavy atom. The van der Waals surface area contributed by atoms with E-state index in [1.807, 2.05) is 0 Å². The molecule has 0 atom stereocenters. The van der Waals surface area contributed by atoms with E-state index in [9.17, 15) is 9.18 Å². The first-order valence-electron chi connectivity index (χ1n) is 5.59. The van der Waals surface area contributed by atoms with E-state index < -0.39 is 5.82 Å². The van der Waals surface area contributed by atoms with Crippen LogP contribution in [0.2, 0.25) is 5.02 Å². The second kappa shape index (κ2) is 5.47. The topological polar surface area (TPSA) is 32.3 Å². The zero-order chi connectivity index (χ0) is 12.3. The number of hydrogen-bond acceptors (Lipinski definition) is 2. The Bertz CT molecular complexity index is 425.